The Morgan fingerprint density at radius 1 is 1.21 bits per heavy atom. The van der Waals surface area contributed by atoms with E-state index in [9.17, 15) is 4.79 Å². The van der Waals surface area contributed by atoms with Crippen molar-refractivity contribution in [2.75, 3.05) is 34.4 Å². The summed E-state index contributed by atoms with van der Waals surface area (Å²) in [6.07, 6.45) is 0.704. The van der Waals surface area contributed by atoms with Crippen LogP contribution in [0.4, 0.5) is 0 Å². The van der Waals surface area contributed by atoms with Gasteiger partial charge < -0.3 is 20.1 Å². The van der Waals surface area contributed by atoms with Gasteiger partial charge in [0.2, 0.25) is 5.91 Å². The summed E-state index contributed by atoms with van der Waals surface area (Å²) in [4.78, 5) is 11.3. The second kappa shape index (κ2) is 7.63. The smallest absolute Gasteiger partial charge is 0.233 e. The van der Waals surface area contributed by atoms with E-state index in [1.807, 2.05) is 19.1 Å². The maximum absolute atomic E-state index is 11.3. The minimum atomic E-state index is -0.0134. The van der Waals surface area contributed by atoms with Gasteiger partial charge in [-0.05, 0) is 43.7 Å². The molecule has 106 valence electrons. The zero-order chi connectivity index (χ0) is 14.3. The van der Waals surface area contributed by atoms with Crippen LogP contribution in [0.5, 0.6) is 11.5 Å². The Bertz CT molecular complexity index is 433. The van der Waals surface area contributed by atoms with E-state index < -0.39 is 0 Å². The zero-order valence-electron chi connectivity index (χ0n) is 12.0. The van der Waals surface area contributed by atoms with E-state index in [2.05, 4.69) is 10.6 Å². The van der Waals surface area contributed by atoms with Crippen LogP contribution in [-0.4, -0.2) is 40.3 Å². The molecule has 0 saturated carbocycles. The highest BCUT2D eigenvalue weighted by Crippen LogP contribution is 2.28. The van der Waals surface area contributed by atoms with Gasteiger partial charge in [-0.25, -0.2) is 0 Å². The zero-order valence-corrected chi connectivity index (χ0v) is 12.0. The maximum atomic E-state index is 11.3. The molecule has 0 aromatic heterocycles. The van der Waals surface area contributed by atoms with Crippen LogP contribution in [0.25, 0.3) is 0 Å². The summed E-state index contributed by atoms with van der Waals surface area (Å²) in [6, 6.07) is 3.90. The molecule has 0 aliphatic rings. The van der Waals surface area contributed by atoms with Gasteiger partial charge in [0.05, 0.1) is 20.8 Å². The summed E-state index contributed by atoms with van der Waals surface area (Å²) in [7, 11) is 5.03. The lowest BCUT2D eigenvalue weighted by Crippen LogP contribution is -2.33. The van der Waals surface area contributed by atoms with E-state index in [1.165, 1.54) is 0 Å². The molecule has 5 nitrogen and oxygen atoms in total. The second-order valence-electron chi connectivity index (χ2n) is 4.26. The Morgan fingerprint density at radius 2 is 1.89 bits per heavy atom. The second-order valence-corrected chi connectivity index (χ2v) is 4.26. The Kier molecular flexibility index (Phi) is 6.15. The molecule has 1 rings (SSSR count). The molecule has 0 heterocycles. The molecule has 0 atom stereocenters. The number of hydrogen-bond acceptors (Lipinski definition) is 4. The Morgan fingerprint density at radius 3 is 2.47 bits per heavy atom. The van der Waals surface area contributed by atoms with Crippen molar-refractivity contribution < 1.29 is 14.3 Å². The number of rotatable bonds is 7. The number of carbonyl (C=O) groups is 1. The number of likely N-dealkylation sites (N-methyl/N-ethyl adjacent to an activating group) is 1. The summed E-state index contributed by atoms with van der Waals surface area (Å²) in [5.74, 6) is 1.64. The van der Waals surface area contributed by atoms with Crippen molar-refractivity contribution in [2.24, 2.45) is 0 Å². The maximum Gasteiger partial charge on any atom is 0.233 e. The highest BCUT2D eigenvalue weighted by molar-refractivity contribution is 5.77. The highest BCUT2D eigenvalue weighted by Gasteiger charge is 2.09. The Hall–Kier alpha value is -1.75. The predicted octanol–water partition coefficient (Wildman–Crippen LogP) is 0.890. The highest BCUT2D eigenvalue weighted by atomic mass is 16.5. The topological polar surface area (TPSA) is 59.6 Å². The summed E-state index contributed by atoms with van der Waals surface area (Å²) < 4.78 is 10.6. The molecule has 0 aliphatic carbocycles. The van der Waals surface area contributed by atoms with Crippen LogP contribution < -0.4 is 20.1 Å². The number of amides is 1. The van der Waals surface area contributed by atoms with Gasteiger partial charge in [0, 0.05) is 6.54 Å². The van der Waals surface area contributed by atoms with Crippen LogP contribution in [0.1, 0.15) is 11.1 Å². The van der Waals surface area contributed by atoms with Gasteiger partial charge >= 0.3 is 0 Å². The van der Waals surface area contributed by atoms with Crippen LogP contribution >= 0.6 is 0 Å². The van der Waals surface area contributed by atoms with Crippen LogP contribution in [0.2, 0.25) is 0 Å². The lowest BCUT2D eigenvalue weighted by molar-refractivity contribution is -0.120. The molecule has 0 aliphatic heterocycles. The molecule has 0 unspecified atom stereocenters. The fraction of sp³-hybridized carbons (Fsp3) is 0.500. The molecule has 2 N–H and O–H groups in total. The number of ether oxygens (including phenoxy) is 2. The van der Waals surface area contributed by atoms with Crippen molar-refractivity contribution in [1.29, 1.82) is 0 Å². The first-order valence-electron chi connectivity index (χ1n) is 6.25. The van der Waals surface area contributed by atoms with Crippen LogP contribution in [0.15, 0.2) is 12.1 Å². The van der Waals surface area contributed by atoms with Crippen molar-refractivity contribution in [3.63, 3.8) is 0 Å². The average molecular weight is 266 g/mol. The largest absolute Gasteiger partial charge is 0.496 e. The molecule has 1 amide bonds. The number of methoxy groups -OCH3 is 2. The third kappa shape index (κ3) is 4.44. The Labute approximate surface area is 114 Å². The first-order valence-corrected chi connectivity index (χ1v) is 6.25. The van der Waals surface area contributed by atoms with E-state index >= 15 is 0 Å². The van der Waals surface area contributed by atoms with Crippen molar-refractivity contribution >= 4 is 5.91 Å². The molecule has 19 heavy (non-hydrogen) atoms. The standard InChI is InChI=1S/C14H22N2O3/c1-10-7-13(19-4)11(8-12(10)18-3)5-6-16-14(17)9-15-2/h7-8,15H,5-6,9H2,1-4H3,(H,16,17). The van der Waals surface area contributed by atoms with Crippen molar-refractivity contribution in [3.05, 3.63) is 23.3 Å². The molecule has 0 spiro atoms. The third-order valence-electron chi connectivity index (χ3n) is 2.85. The van der Waals surface area contributed by atoms with Crippen LogP contribution in [0.3, 0.4) is 0 Å². The van der Waals surface area contributed by atoms with Crippen molar-refractivity contribution in [1.82, 2.24) is 10.6 Å². The fourth-order valence-electron chi connectivity index (χ4n) is 1.87. The summed E-state index contributed by atoms with van der Waals surface area (Å²) >= 11 is 0. The minimum absolute atomic E-state index is 0.0134. The monoisotopic (exact) mass is 266 g/mol. The van der Waals surface area contributed by atoms with Gasteiger partial charge in [-0.2, -0.15) is 0 Å². The number of aryl methyl sites for hydroxylation is 1. The third-order valence-corrected chi connectivity index (χ3v) is 2.85. The van der Waals surface area contributed by atoms with E-state index in [0.29, 0.717) is 19.5 Å². The van der Waals surface area contributed by atoms with Gasteiger partial charge in [-0.15, -0.1) is 0 Å². The van der Waals surface area contributed by atoms with Gasteiger partial charge in [0.1, 0.15) is 11.5 Å². The summed E-state index contributed by atoms with van der Waals surface area (Å²) in [6.45, 7) is 2.87. The molecule has 5 heteroatoms. The van der Waals surface area contributed by atoms with Gasteiger partial charge in [-0.3, -0.25) is 4.79 Å². The van der Waals surface area contributed by atoms with E-state index in [0.717, 1.165) is 22.6 Å². The summed E-state index contributed by atoms with van der Waals surface area (Å²) in [5, 5.41) is 5.65. The minimum Gasteiger partial charge on any atom is -0.496 e. The lowest BCUT2D eigenvalue weighted by atomic mass is 10.1. The number of nitrogens with one attached hydrogen (secondary N) is 2. The first kappa shape index (κ1) is 15.3. The summed E-state index contributed by atoms with van der Waals surface area (Å²) in [5.41, 5.74) is 2.05. The van der Waals surface area contributed by atoms with E-state index in [1.54, 1.807) is 21.3 Å². The van der Waals surface area contributed by atoms with Crippen LogP contribution in [0, 0.1) is 6.92 Å². The first-order chi connectivity index (χ1) is 9.12. The average Bonchev–Trinajstić information content (AvgIpc) is 2.40. The quantitative estimate of drug-likeness (QED) is 0.769. The van der Waals surface area contributed by atoms with Gasteiger partial charge in [0.25, 0.3) is 0 Å². The van der Waals surface area contributed by atoms with E-state index in [-0.39, 0.29) is 5.91 Å². The lowest BCUT2D eigenvalue weighted by Gasteiger charge is -2.13. The molecule has 0 radical (unpaired) electrons. The van der Waals surface area contributed by atoms with Crippen molar-refractivity contribution in [3.8, 4) is 11.5 Å². The SMILES string of the molecule is CNCC(=O)NCCc1cc(OC)c(C)cc1OC. The molecule has 1 aromatic rings. The molecule has 1 aromatic carbocycles. The molecule has 0 fully saturated rings. The van der Waals surface area contributed by atoms with Gasteiger partial charge in [-0.1, -0.05) is 0 Å². The molecule has 0 saturated heterocycles. The normalized spacial score (nSPS) is 10.1. The van der Waals surface area contributed by atoms with Crippen molar-refractivity contribution in [2.45, 2.75) is 13.3 Å². The molecule has 0 bridgehead atoms. The number of carbonyl (C=O) groups excluding carboxylic acids is 1. The Balaban J connectivity index is 2.68. The molecular weight excluding hydrogens is 244 g/mol. The van der Waals surface area contributed by atoms with E-state index in [4.69, 9.17) is 9.47 Å². The van der Waals surface area contributed by atoms with Crippen LogP contribution in [-0.2, 0) is 11.2 Å². The van der Waals surface area contributed by atoms with Gasteiger partial charge in [0.15, 0.2) is 0 Å². The predicted molar refractivity (Wildman–Crippen MR) is 74.9 cm³/mol. The molecular formula is C14H22N2O3. The number of hydrogen-bond donors (Lipinski definition) is 2. The number of benzene rings is 1. The fourth-order valence-corrected chi connectivity index (χ4v) is 1.87.